The molecule has 2 atom stereocenters. The number of carbonyl (C=O) groups is 1. The lowest BCUT2D eigenvalue weighted by Crippen LogP contribution is -2.57. The molecule has 166 valence electrons. The fraction of sp³-hybridized carbons (Fsp3) is 0.300. The molecule has 0 spiro atoms. The van der Waals surface area contributed by atoms with Gasteiger partial charge in [-0.2, -0.15) is 13.2 Å². The van der Waals surface area contributed by atoms with Crippen molar-refractivity contribution in [2.75, 3.05) is 13.1 Å². The summed E-state index contributed by atoms with van der Waals surface area (Å²) in [6.07, 6.45) is -3.59. The SMILES string of the molecule is O=C1c2ccccc2C2(O)N3CCN(Cc4ccc(C(F)(F)F)nc4)C3=C([N+](=O)[O-])C12O. The molecular formula is C20H15F3N4O5. The minimum Gasteiger partial charge on any atom is -0.368 e. The number of nitrogens with zero attached hydrogens (tertiary/aromatic N) is 4. The van der Waals surface area contributed by atoms with Gasteiger partial charge in [-0.1, -0.05) is 30.3 Å². The molecule has 0 amide bonds. The minimum absolute atomic E-state index is 0.0127. The Kier molecular flexibility index (Phi) is 3.99. The van der Waals surface area contributed by atoms with Gasteiger partial charge in [0.25, 0.3) is 5.60 Å². The van der Waals surface area contributed by atoms with Gasteiger partial charge in [0.2, 0.25) is 11.5 Å². The smallest absolute Gasteiger partial charge is 0.368 e. The summed E-state index contributed by atoms with van der Waals surface area (Å²) in [6, 6.07) is 7.87. The molecule has 12 heteroatoms. The second-order valence-electron chi connectivity index (χ2n) is 7.81. The Morgan fingerprint density at radius 2 is 1.88 bits per heavy atom. The van der Waals surface area contributed by atoms with Crippen LogP contribution in [-0.2, 0) is 18.4 Å². The summed E-state index contributed by atoms with van der Waals surface area (Å²) < 4.78 is 38.3. The Morgan fingerprint density at radius 3 is 2.50 bits per heavy atom. The fourth-order valence-electron chi connectivity index (χ4n) is 4.78. The first-order valence-corrected chi connectivity index (χ1v) is 9.54. The summed E-state index contributed by atoms with van der Waals surface area (Å²) in [5.74, 6) is -1.14. The third-order valence-corrected chi connectivity index (χ3v) is 6.15. The van der Waals surface area contributed by atoms with E-state index in [-0.39, 0.29) is 36.6 Å². The molecule has 2 aliphatic heterocycles. The monoisotopic (exact) mass is 448 g/mol. The largest absolute Gasteiger partial charge is 0.433 e. The maximum absolute atomic E-state index is 13.0. The zero-order chi connectivity index (χ0) is 23.1. The summed E-state index contributed by atoms with van der Waals surface area (Å²) in [5.41, 5.74) is -6.76. The van der Waals surface area contributed by atoms with Crippen molar-refractivity contribution in [2.24, 2.45) is 0 Å². The number of pyridine rings is 1. The maximum atomic E-state index is 13.0. The molecule has 0 bridgehead atoms. The second kappa shape index (κ2) is 6.26. The van der Waals surface area contributed by atoms with Crippen molar-refractivity contribution >= 4 is 5.78 Å². The van der Waals surface area contributed by atoms with Crippen LogP contribution in [0.2, 0.25) is 0 Å². The van der Waals surface area contributed by atoms with Crippen LogP contribution in [0.1, 0.15) is 27.2 Å². The predicted molar refractivity (Wildman–Crippen MR) is 100.0 cm³/mol. The molecule has 1 aliphatic carbocycles. The number of carbonyl (C=O) groups excluding carboxylic acids is 1. The molecule has 1 fully saturated rings. The van der Waals surface area contributed by atoms with Gasteiger partial charge < -0.3 is 20.0 Å². The Morgan fingerprint density at radius 1 is 1.16 bits per heavy atom. The van der Waals surface area contributed by atoms with Crippen LogP contribution in [0.4, 0.5) is 13.2 Å². The van der Waals surface area contributed by atoms with Crippen LogP contribution in [0.25, 0.3) is 0 Å². The number of ketones is 1. The lowest BCUT2D eigenvalue weighted by molar-refractivity contribution is -0.445. The highest BCUT2D eigenvalue weighted by atomic mass is 19.4. The zero-order valence-corrected chi connectivity index (χ0v) is 16.2. The van der Waals surface area contributed by atoms with E-state index in [0.717, 1.165) is 12.3 Å². The standard InChI is InChI=1S/C20H15F3N4O5/c21-20(22,23)14-6-5-11(9-24-14)10-25-7-8-26-17(25)15(27(31)32)18(29)16(28)12-3-1-2-4-13(12)19(18,26)30/h1-6,9,29-30H,7-8,10H2. The number of aliphatic hydroxyl groups is 2. The lowest BCUT2D eigenvalue weighted by Gasteiger charge is -2.36. The van der Waals surface area contributed by atoms with E-state index in [1.165, 1.54) is 34.1 Å². The lowest BCUT2D eigenvalue weighted by atomic mass is 9.89. The van der Waals surface area contributed by atoms with Crippen molar-refractivity contribution in [1.82, 2.24) is 14.8 Å². The van der Waals surface area contributed by atoms with Gasteiger partial charge in [-0.3, -0.25) is 19.9 Å². The number of hydrogen-bond donors (Lipinski definition) is 2. The molecule has 2 aromatic rings. The van der Waals surface area contributed by atoms with Gasteiger partial charge in [0.15, 0.2) is 5.82 Å². The van der Waals surface area contributed by atoms with Crippen molar-refractivity contribution in [3.05, 3.63) is 86.6 Å². The summed E-state index contributed by atoms with van der Waals surface area (Å²) in [4.78, 5) is 30.2. The van der Waals surface area contributed by atoms with E-state index in [9.17, 15) is 38.3 Å². The van der Waals surface area contributed by atoms with E-state index in [0.29, 0.717) is 5.56 Å². The Labute approximate surface area is 178 Å². The number of benzene rings is 1. The van der Waals surface area contributed by atoms with Crippen LogP contribution >= 0.6 is 0 Å². The molecule has 1 aromatic carbocycles. The van der Waals surface area contributed by atoms with Crippen LogP contribution in [0.3, 0.4) is 0 Å². The zero-order valence-electron chi connectivity index (χ0n) is 16.2. The first-order chi connectivity index (χ1) is 15.0. The molecule has 0 radical (unpaired) electrons. The average molecular weight is 448 g/mol. The van der Waals surface area contributed by atoms with Gasteiger partial charge in [0, 0.05) is 37.0 Å². The van der Waals surface area contributed by atoms with Gasteiger partial charge in [0.1, 0.15) is 5.69 Å². The molecule has 0 saturated carbocycles. The van der Waals surface area contributed by atoms with E-state index in [4.69, 9.17) is 0 Å². The topological polar surface area (TPSA) is 120 Å². The molecule has 2 N–H and O–H groups in total. The predicted octanol–water partition coefficient (Wildman–Crippen LogP) is 1.45. The van der Waals surface area contributed by atoms with Crippen LogP contribution in [-0.4, -0.2) is 54.4 Å². The normalized spacial score (nSPS) is 26.5. The van der Waals surface area contributed by atoms with Crippen LogP contribution < -0.4 is 0 Å². The van der Waals surface area contributed by atoms with Crippen LogP contribution in [0.5, 0.6) is 0 Å². The Bertz CT molecular complexity index is 1200. The van der Waals surface area contributed by atoms with Crippen molar-refractivity contribution in [3.63, 3.8) is 0 Å². The molecule has 3 heterocycles. The molecule has 1 saturated heterocycles. The number of rotatable bonds is 3. The average Bonchev–Trinajstić information content (AvgIpc) is 3.28. The molecular weight excluding hydrogens is 433 g/mol. The number of fused-ring (bicyclic) bond motifs is 5. The quantitative estimate of drug-likeness (QED) is 0.535. The third kappa shape index (κ3) is 2.36. The van der Waals surface area contributed by atoms with Crippen LogP contribution in [0.15, 0.2) is 54.1 Å². The molecule has 5 rings (SSSR count). The van der Waals surface area contributed by atoms with E-state index in [1.54, 1.807) is 6.07 Å². The van der Waals surface area contributed by atoms with E-state index >= 15 is 0 Å². The first kappa shape index (κ1) is 20.4. The molecule has 9 nitrogen and oxygen atoms in total. The van der Waals surface area contributed by atoms with Gasteiger partial charge in [-0.15, -0.1) is 0 Å². The molecule has 1 aromatic heterocycles. The highest BCUT2D eigenvalue weighted by molar-refractivity contribution is 6.10. The number of alkyl halides is 3. The van der Waals surface area contributed by atoms with Crippen molar-refractivity contribution in [3.8, 4) is 0 Å². The Hall–Kier alpha value is -3.51. The van der Waals surface area contributed by atoms with Crippen molar-refractivity contribution in [1.29, 1.82) is 0 Å². The fourth-order valence-corrected chi connectivity index (χ4v) is 4.78. The highest BCUT2D eigenvalue weighted by Gasteiger charge is 2.78. The highest BCUT2D eigenvalue weighted by Crippen LogP contribution is 2.58. The van der Waals surface area contributed by atoms with Gasteiger partial charge in [0.05, 0.1) is 4.92 Å². The number of halogens is 3. The molecule has 2 unspecified atom stereocenters. The minimum atomic E-state index is -4.60. The number of aromatic nitrogens is 1. The second-order valence-corrected chi connectivity index (χ2v) is 7.81. The van der Waals surface area contributed by atoms with Gasteiger partial charge in [-0.05, 0) is 11.6 Å². The number of Topliss-reactive ketones (excluding diaryl/α,β-unsaturated/α-hetero) is 1. The van der Waals surface area contributed by atoms with Gasteiger partial charge in [-0.25, -0.2) is 0 Å². The number of nitro groups is 1. The molecule has 32 heavy (non-hydrogen) atoms. The third-order valence-electron chi connectivity index (χ3n) is 6.15. The summed E-state index contributed by atoms with van der Waals surface area (Å²) in [5, 5.41) is 34.9. The van der Waals surface area contributed by atoms with Crippen molar-refractivity contribution in [2.45, 2.75) is 24.0 Å². The summed E-state index contributed by atoms with van der Waals surface area (Å²) in [7, 11) is 0. The van der Waals surface area contributed by atoms with Gasteiger partial charge >= 0.3 is 11.9 Å². The number of hydrogen-bond acceptors (Lipinski definition) is 8. The Balaban J connectivity index is 1.58. The summed E-state index contributed by atoms with van der Waals surface area (Å²) in [6.45, 7) is 0.139. The molecule has 3 aliphatic rings. The van der Waals surface area contributed by atoms with E-state index in [2.05, 4.69) is 4.98 Å². The van der Waals surface area contributed by atoms with E-state index in [1.807, 2.05) is 0 Å². The van der Waals surface area contributed by atoms with E-state index < -0.39 is 39.6 Å². The summed E-state index contributed by atoms with van der Waals surface area (Å²) >= 11 is 0. The van der Waals surface area contributed by atoms with Crippen LogP contribution in [0, 0.1) is 10.1 Å². The first-order valence-electron chi connectivity index (χ1n) is 9.54. The van der Waals surface area contributed by atoms with Crippen molar-refractivity contribution < 1.29 is 33.1 Å². The maximum Gasteiger partial charge on any atom is 0.433 e.